The number of hydrogen-bond donors (Lipinski definition) is 1. The zero-order valence-corrected chi connectivity index (χ0v) is 18.6. The lowest BCUT2D eigenvalue weighted by Crippen LogP contribution is -2.27. The first-order chi connectivity index (χ1) is 14.8. The molecule has 1 aromatic carbocycles. The minimum absolute atomic E-state index is 0.0275. The molecular formula is C22H21F3N2O4S. The Morgan fingerprint density at radius 1 is 1.03 bits per heavy atom. The Bertz CT molecular complexity index is 1190. The third-order valence-electron chi connectivity index (χ3n) is 4.46. The first-order valence-corrected chi connectivity index (χ1v) is 10.4. The number of aromatic nitrogens is 1. The lowest BCUT2D eigenvalue weighted by molar-refractivity contribution is -0.0882. The van der Waals surface area contributed by atoms with Gasteiger partial charge in [0.1, 0.15) is 5.60 Å². The number of Topliss-reactive ketones (excluding diaryl/α,β-unsaturated/α-hetero) is 1. The number of carbonyl (C=O) groups is 3. The standard InChI is InChI=1S/C22H21F3N2O4S/c1-12(26-19(29)17-10-9-16(32-17)18(28)22(23,24)25)14-11-27(20(30)31-21(2,3)4)15-8-6-5-7-13(14)15/h5-12H,1-4H3,(H,26,29). The van der Waals surface area contributed by atoms with Crippen LogP contribution in [0.25, 0.3) is 10.9 Å². The van der Waals surface area contributed by atoms with Gasteiger partial charge in [0, 0.05) is 17.1 Å². The van der Waals surface area contributed by atoms with Gasteiger partial charge in [0.15, 0.2) is 0 Å². The van der Waals surface area contributed by atoms with Crippen LogP contribution in [0.5, 0.6) is 0 Å². The largest absolute Gasteiger partial charge is 0.455 e. The summed E-state index contributed by atoms with van der Waals surface area (Å²) >= 11 is 0.472. The fourth-order valence-electron chi connectivity index (χ4n) is 3.08. The second kappa shape index (κ2) is 8.42. The Labute approximate surface area is 186 Å². The molecule has 1 unspecified atom stereocenters. The fraction of sp³-hybridized carbons (Fsp3) is 0.318. The van der Waals surface area contributed by atoms with Crippen LogP contribution in [0, 0.1) is 0 Å². The van der Waals surface area contributed by atoms with E-state index in [-0.39, 0.29) is 4.88 Å². The smallest absolute Gasteiger partial charge is 0.443 e. The highest BCUT2D eigenvalue weighted by molar-refractivity contribution is 7.16. The van der Waals surface area contributed by atoms with E-state index in [2.05, 4.69) is 5.32 Å². The van der Waals surface area contributed by atoms with Crippen LogP contribution < -0.4 is 5.32 Å². The molecule has 0 saturated heterocycles. The van der Waals surface area contributed by atoms with Crippen LogP contribution in [0.3, 0.4) is 0 Å². The fourth-order valence-corrected chi connectivity index (χ4v) is 3.95. The summed E-state index contributed by atoms with van der Waals surface area (Å²) in [6.07, 6.45) is -4.02. The molecule has 3 rings (SSSR count). The highest BCUT2D eigenvalue weighted by Gasteiger charge is 2.40. The highest BCUT2D eigenvalue weighted by atomic mass is 32.1. The van der Waals surface area contributed by atoms with Crippen molar-refractivity contribution in [3.63, 3.8) is 0 Å². The van der Waals surface area contributed by atoms with Gasteiger partial charge in [-0.25, -0.2) is 4.79 Å². The van der Waals surface area contributed by atoms with Gasteiger partial charge in [-0.1, -0.05) is 18.2 Å². The number of thiophene rings is 1. The molecule has 0 aliphatic carbocycles. The van der Waals surface area contributed by atoms with Crippen molar-refractivity contribution in [3.8, 4) is 0 Å². The number of rotatable bonds is 4. The summed E-state index contributed by atoms with van der Waals surface area (Å²) in [4.78, 5) is 36.0. The van der Waals surface area contributed by atoms with E-state index in [1.54, 1.807) is 58.2 Å². The van der Waals surface area contributed by atoms with Gasteiger partial charge in [-0.2, -0.15) is 13.2 Å². The molecule has 10 heteroatoms. The lowest BCUT2D eigenvalue weighted by Gasteiger charge is -2.19. The van der Waals surface area contributed by atoms with Crippen LogP contribution in [0.1, 0.15) is 58.6 Å². The molecule has 0 bridgehead atoms. The van der Waals surface area contributed by atoms with E-state index in [4.69, 9.17) is 4.74 Å². The maximum Gasteiger partial charge on any atom is 0.455 e. The number of benzene rings is 1. The number of carbonyl (C=O) groups excluding carboxylic acids is 3. The predicted octanol–water partition coefficient (Wildman–Crippen LogP) is 5.72. The number of hydrogen-bond acceptors (Lipinski definition) is 5. The molecule has 0 radical (unpaired) electrons. The van der Waals surface area contributed by atoms with Crippen molar-refractivity contribution in [1.29, 1.82) is 0 Å². The maximum atomic E-state index is 12.6. The predicted molar refractivity (Wildman–Crippen MR) is 114 cm³/mol. The number of alkyl halides is 3. The van der Waals surface area contributed by atoms with Crippen molar-refractivity contribution in [2.75, 3.05) is 0 Å². The number of para-hydroxylation sites is 1. The van der Waals surface area contributed by atoms with Crippen LogP contribution in [-0.4, -0.2) is 34.1 Å². The van der Waals surface area contributed by atoms with Gasteiger partial charge in [0.25, 0.3) is 11.7 Å². The second-order valence-corrected chi connectivity index (χ2v) is 9.22. The Kier molecular flexibility index (Phi) is 6.19. The van der Waals surface area contributed by atoms with Crippen molar-refractivity contribution < 1.29 is 32.3 Å². The van der Waals surface area contributed by atoms with E-state index >= 15 is 0 Å². The van der Waals surface area contributed by atoms with Crippen LogP contribution in [0.15, 0.2) is 42.6 Å². The molecule has 1 N–H and O–H groups in total. The molecule has 2 aromatic heterocycles. The minimum atomic E-state index is -5.00. The molecule has 3 aromatic rings. The van der Waals surface area contributed by atoms with Crippen LogP contribution in [-0.2, 0) is 4.74 Å². The van der Waals surface area contributed by atoms with E-state index in [0.717, 1.165) is 6.07 Å². The molecule has 1 atom stereocenters. The third kappa shape index (κ3) is 5.01. The molecular weight excluding hydrogens is 445 g/mol. The van der Waals surface area contributed by atoms with Crippen molar-refractivity contribution in [3.05, 3.63) is 57.9 Å². The quantitative estimate of drug-likeness (QED) is 0.499. The van der Waals surface area contributed by atoms with E-state index in [1.165, 1.54) is 10.6 Å². The number of amides is 1. The molecule has 0 spiro atoms. The number of nitrogens with zero attached hydrogens (tertiary/aromatic N) is 1. The van der Waals surface area contributed by atoms with Crippen molar-refractivity contribution in [2.24, 2.45) is 0 Å². The van der Waals surface area contributed by atoms with Gasteiger partial charge in [0.05, 0.1) is 21.3 Å². The molecule has 0 fully saturated rings. The van der Waals surface area contributed by atoms with Crippen molar-refractivity contribution >= 4 is 40.0 Å². The van der Waals surface area contributed by atoms with Gasteiger partial charge < -0.3 is 10.1 Å². The number of ketones is 1. The average molecular weight is 466 g/mol. The summed E-state index contributed by atoms with van der Waals surface area (Å²) < 4.78 is 44.6. The first-order valence-electron chi connectivity index (χ1n) is 9.63. The molecule has 1 amide bonds. The van der Waals surface area contributed by atoms with E-state index in [0.29, 0.717) is 27.8 Å². The van der Waals surface area contributed by atoms with E-state index < -0.39 is 40.5 Å². The Morgan fingerprint density at radius 2 is 1.66 bits per heavy atom. The number of ether oxygens (including phenoxy) is 1. The van der Waals surface area contributed by atoms with Gasteiger partial charge in [-0.05, 0) is 45.9 Å². The topological polar surface area (TPSA) is 77.4 Å². The minimum Gasteiger partial charge on any atom is -0.443 e. The highest BCUT2D eigenvalue weighted by Crippen LogP contribution is 2.29. The van der Waals surface area contributed by atoms with Crippen LogP contribution in [0.4, 0.5) is 18.0 Å². The second-order valence-electron chi connectivity index (χ2n) is 8.14. The summed E-state index contributed by atoms with van der Waals surface area (Å²) in [6.45, 7) is 6.94. The number of nitrogens with one attached hydrogen (secondary N) is 1. The molecule has 0 aliphatic heterocycles. The average Bonchev–Trinajstić information content (AvgIpc) is 3.30. The summed E-state index contributed by atoms with van der Waals surface area (Å²) in [7, 11) is 0. The van der Waals surface area contributed by atoms with Gasteiger partial charge in [-0.15, -0.1) is 11.3 Å². The molecule has 0 saturated carbocycles. The summed E-state index contributed by atoms with van der Waals surface area (Å²) in [5, 5.41) is 3.42. The zero-order valence-electron chi connectivity index (χ0n) is 17.7. The SMILES string of the molecule is CC(NC(=O)c1ccc(C(=O)C(F)(F)F)s1)c1cn(C(=O)OC(C)(C)C)c2ccccc12. The molecule has 0 aliphatic rings. The Hall–Kier alpha value is -3.14. The van der Waals surface area contributed by atoms with Crippen LogP contribution >= 0.6 is 11.3 Å². The van der Waals surface area contributed by atoms with E-state index in [9.17, 15) is 27.6 Å². The van der Waals surface area contributed by atoms with Gasteiger partial charge in [0.2, 0.25) is 0 Å². The van der Waals surface area contributed by atoms with Crippen molar-refractivity contribution in [2.45, 2.75) is 45.5 Å². The van der Waals surface area contributed by atoms with Crippen molar-refractivity contribution in [1.82, 2.24) is 9.88 Å². The third-order valence-corrected chi connectivity index (χ3v) is 5.54. The Morgan fingerprint density at radius 3 is 2.28 bits per heavy atom. The number of halogens is 3. The first kappa shape index (κ1) is 23.5. The molecule has 6 nitrogen and oxygen atoms in total. The molecule has 2 heterocycles. The summed E-state index contributed by atoms with van der Waals surface area (Å²) in [5.41, 5.74) is 0.516. The molecule has 32 heavy (non-hydrogen) atoms. The van der Waals surface area contributed by atoms with E-state index in [1.807, 2.05) is 0 Å². The summed E-state index contributed by atoms with van der Waals surface area (Å²) in [5.74, 6) is -2.62. The van der Waals surface area contributed by atoms with Gasteiger partial charge in [-0.3, -0.25) is 14.2 Å². The normalized spacial score (nSPS) is 13.1. The lowest BCUT2D eigenvalue weighted by atomic mass is 10.1. The maximum absolute atomic E-state index is 12.6. The Balaban J connectivity index is 1.86. The van der Waals surface area contributed by atoms with Gasteiger partial charge >= 0.3 is 12.3 Å². The molecule has 170 valence electrons. The van der Waals surface area contributed by atoms with Crippen LogP contribution in [0.2, 0.25) is 0 Å². The summed E-state index contributed by atoms with van der Waals surface area (Å²) in [6, 6.07) is 8.66. The monoisotopic (exact) mass is 466 g/mol. The number of fused-ring (bicyclic) bond motifs is 1. The zero-order chi connectivity index (χ0) is 23.8.